The van der Waals surface area contributed by atoms with Gasteiger partial charge in [0.1, 0.15) is 28.7 Å². The van der Waals surface area contributed by atoms with E-state index in [1.807, 2.05) is 0 Å². The maximum atomic E-state index is 13.0. The smallest absolute Gasteiger partial charge is 0.341 e. The minimum Gasteiger partial charge on any atom is -0.465 e. The molecule has 0 saturated heterocycles. The maximum absolute atomic E-state index is 13.0. The van der Waals surface area contributed by atoms with Crippen LogP contribution in [0.2, 0.25) is 0 Å². The van der Waals surface area contributed by atoms with Crippen LogP contribution in [0.5, 0.6) is 0 Å². The Kier molecular flexibility index (Phi) is 4.02. The number of aryl methyl sites for hydroxylation is 1. The van der Waals surface area contributed by atoms with Crippen molar-refractivity contribution in [3.63, 3.8) is 0 Å². The molecule has 2 aromatic rings. The van der Waals surface area contributed by atoms with E-state index in [2.05, 4.69) is 10.1 Å². The lowest BCUT2D eigenvalue weighted by molar-refractivity contribution is 0.0599. The van der Waals surface area contributed by atoms with Gasteiger partial charge in [-0.05, 0) is 25.1 Å². The number of anilines is 1. The van der Waals surface area contributed by atoms with Crippen LogP contribution in [0.3, 0.4) is 0 Å². The van der Waals surface area contributed by atoms with Crippen LogP contribution in [-0.2, 0) is 11.3 Å². The Labute approximate surface area is 114 Å². The third-order valence-corrected chi connectivity index (χ3v) is 2.70. The second-order valence-corrected chi connectivity index (χ2v) is 4.19. The largest absolute Gasteiger partial charge is 0.465 e. The van der Waals surface area contributed by atoms with Gasteiger partial charge in [-0.3, -0.25) is 0 Å². The first kappa shape index (κ1) is 14.0. The lowest BCUT2D eigenvalue weighted by Crippen LogP contribution is -2.01. The fraction of sp³-hybridized carbons (Fsp3) is 0.214. The zero-order chi connectivity index (χ0) is 14.7. The highest BCUT2D eigenvalue weighted by molar-refractivity contribution is 5.90. The zero-order valence-electron chi connectivity index (χ0n) is 11.0. The summed E-state index contributed by atoms with van der Waals surface area (Å²) in [6.07, 6.45) is 0. The Morgan fingerprint density at radius 2 is 1.90 bits per heavy atom. The summed E-state index contributed by atoms with van der Waals surface area (Å²) in [6.45, 7) is 1.83. The average Bonchev–Trinajstić information content (AvgIpc) is 2.76. The maximum Gasteiger partial charge on any atom is 0.341 e. The lowest BCUT2D eigenvalue weighted by atomic mass is 10.2. The van der Waals surface area contributed by atoms with Crippen molar-refractivity contribution in [1.82, 2.24) is 0 Å². The van der Waals surface area contributed by atoms with Crippen molar-refractivity contribution in [2.24, 2.45) is 0 Å². The first-order valence-corrected chi connectivity index (χ1v) is 5.87. The molecular formula is C14H13F2NO3. The Morgan fingerprint density at radius 1 is 1.25 bits per heavy atom. The van der Waals surface area contributed by atoms with E-state index in [-0.39, 0.29) is 12.2 Å². The molecule has 4 nitrogen and oxygen atoms in total. The van der Waals surface area contributed by atoms with Crippen LogP contribution >= 0.6 is 0 Å². The summed E-state index contributed by atoms with van der Waals surface area (Å²) in [5, 5.41) is 2.81. The number of ether oxygens (including phenoxy) is 1. The Bertz CT molecular complexity index is 617. The molecule has 1 heterocycles. The molecule has 1 N–H and O–H groups in total. The molecule has 0 unspecified atom stereocenters. The van der Waals surface area contributed by atoms with Gasteiger partial charge in [-0.1, -0.05) is 0 Å². The topological polar surface area (TPSA) is 51.5 Å². The molecule has 6 heteroatoms. The Hall–Kier alpha value is -2.37. The van der Waals surface area contributed by atoms with Crippen molar-refractivity contribution in [2.45, 2.75) is 13.5 Å². The highest BCUT2D eigenvalue weighted by Gasteiger charge is 2.15. The second kappa shape index (κ2) is 5.73. The highest BCUT2D eigenvalue weighted by atomic mass is 19.1. The molecule has 20 heavy (non-hydrogen) atoms. The minimum atomic E-state index is -0.668. The van der Waals surface area contributed by atoms with Gasteiger partial charge in [0.15, 0.2) is 0 Å². The number of rotatable bonds is 4. The highest BCUT2D eigenvalue weighted by Crippen LogP contribution is 2.18. The van der Waals surface area contributed by atoms with Gasteiger partial charge in [-0.25, -0.2) is 13.6 Å². The molecule has 1 aromatic carbocycles. The number of furan rings is 1. The van der Waals surface area contributed by atoms with Crippen molar-refractivity contribution in [3.05, 3.63) is 53.0 Å². The van der Waals surface area contributed by atoms with Gasteiger partial charge < -0.3 is 14.5 Å². The summed E-state index contributed by atoms with van der Waals surface area (Å²) in [6, 6.07) is 4.65. The van der Waals surface area contributed by atoms with E-state index in [0.29, 0.717) is 17.1 Å². The minimum absolute atomic E-state index is 0.195. The van der Waals surface area contributed by atoms with Crippen molar-refractivity contribution in [3.8, 4) is 0 Å². The van der Waals surface area contributed by atoms with Crippen LogP contribution in [0.1, 0.15) is 21.9 Å². The molecule has 0 radical (unpaired) electrons. The quantitative estimate of drug-likeness (QED) is 0.874. The lowest BCUT2D eigenvalue weighted by Gasteiger charge is -2.04. The average molecular weight is 281 g/mol. The predicted molar refractivity (Wildman–Crippen MR) is 68.5 cm³/mol. The number of benzene rings is 1. The van der Waals surface area contributed by atoms with Gasteiger partial charge in [-0.15, -0.1) is 0 Å². The monoisotopic (exact) mass is 281 g/mol. The number of nitrogens with one attached hydrogen (secondary N) is 1. The fourth-order valence-electron chi connectivity index (χ4n) is 1.79. The number of carbonyl (C=O) groups is 1. The summed E-state index contributed by atoms with van der Waals surface area (Å²) >= 11 is 0. The molecule has 0 aliphatic heterocycles. The molecule has 0 spiro atoms. The first-order chi connectivity index (χ1) is 9.49. The Morgan fingerprint density at radius 3 is 2.50 bits per heavy atom. The number of methoxy groups -OCH3 is 1. The van der Waals surface area contributed by atoms with E-state index < -0.39 is 17.6 Å². The summed E-state index contributed by atoms with van der Waals surface area (Å²) in [5.41, 5.74) is 0.617. The van der Waals surface area contributed by atoms with Gasteiger partial charge in [-0.2, -0.15) is 0 Å². The molecule has 0 atom stereocenters. The van der Waals surface area contributed by atoms with Crippen LogP contribution in [0.25, 0.3) is 0 Å². The van der Waals surface area contributed by atoms with Crippen molar-refractivity contribution >= 4 is 11.7 Å². The first-order valence-electron chi connectivity index (χ1n) is 5.87. The van der Waals surface area contributed by atoms with Gasteiger partial charge in [0, 0.05) is 11.8 Å². The van der Waals surface area contributed by atoms with Crippen LogP contribution in [0.15, 0.2) is 28.7 Å². The van der Waals surface area contributed by atoms with E-state index in [1.54, 1.807) is 6.92 Å². The van der Waals surface area contributed by atoms with Gasteiger partial charge in [0.2, 0.25) is 0 Å². The van der Waals surface area contributed by atoms with Crippen LogP contribution in [-0.4, -0.2) is 13.1 Å². The van der Waals surface area contributed by atoms with E-state index in [1.165, 1.54) is 25.3 Å². The number of halogens is 2. The molecule has 106 valence electrons. The molecule has 0 aliphatic rings. The standard InChI is InChI=1S/C14H13F2NO3/c1-8-13(14(18)19-2)6-12(20-8)7-17-11-4-9(15)3-10(16)5-11/h3-6,17H,7H2,1-2H3. The van der Waals surface area contributed by atoms with Crippen LogP contribution in [0, 0.1) is 18.6 Å². The van der Waals surface area contributed by atoms with Crippen molar-refractivity contribution in [1.29, 1.82) is 0 Å². The molecule has 0 bridgehead atoms. The van der Waals surface area contributed by atoms with Gasteiger partial charge >= 0.3 is 5.97 Å². The van der Waals surface area contributed by atoms with Gasteiger partial charge in [0.05, 0.1) is 13.7 Å². The normalized spacial score (nSPS) is 10.4. The van der Waals surface area contributed by atoms with E-state index in [9.17, 15) is 13.6 Å². The number of hydrogen-bond acceptors (Lipinski definition) is 4. The van der Waals surface area contributed by atoms with Crippen molar-refractivity contribution < 1.29 is 22.7 Å². The second-order valence-electron chi connectivity index (χ2n) is 4.19. The summed E-state index contributed by atoms with van der Waals surface area (Å²) in [7, 11) is 1.28. The van der Waals surface area contributed by atoms with Crippen molar-refractivity contribution in [2.75, 3.05) is 12.4 Å². The summed E-state index contributed by atoms with van der Waals surface area (Å²) < 4.78 is 36.0. The molecular weight excluding hydrogens is 268 g/mol. The SMILES string of the molecule is COC(=O)c1cc(CNc2cc(F)cc(F)c2)oc1C. The molecule has 0 aliphatic carbocycles. The van der Waals surface area contributed by atoms with E-state index in [4.69, 9.17) is 4.42 Å². The zero-order valence-corrected chi connectivity index (χ0v) is 11.0. The number of carbonyl (C=O) groups excluding carboxylic acids is 1. The molecule has 1 aromatic heterocycles. The third kappa shape index (κ3) is 3.14. The summed E-state index contributed by atoms with van der Waals surface area (Å²) in [4.78, 5) is 11.4. The number of esters is 1. The van der Waals surface area contributed by atoms with Crippen LogP contribution < -0.4 is 5.32 Å². The third-order valence-electron chi connectivity index (χ3n) is 2.70. The van der Waals surface area contributed by atoms with Crippen LogP contribution in [0.4, 0.5) is 14.5 Å². The predicted octanol–water partition coefficient (Wildman–Crippen LogP) is 3.26. The molecule has 2 rings (SSSR count). The van der Waals surface area contributed by atoms with E-state index >= 15 is 0 Å². The van der Waals surface area contributed by atoms with E-state index in [0.717, 1.165) is 6.07 Å². The number of hydrogen-bond donors (Lipinski definition) is 1. The Balaban J connectivity index is 2.09. The molecule has 0 amide bonds. The fourth-order valence-corrected chi connectivity index (χ4v) is 1.79. The molecule has 0 saturated carbocycles. The summed E-state index contributed by atoms with van der Waals surface area (Å²) in [5.74, 6) is -0.933. The van der Waals surface area contributed by atoms with Gasteiger partial charge in [0.25, 0.3) is 0 Å². The molecule has 0 fully saturated rings.